The van der Waals surface area contributed by atoms with Gasteiger partial charge in [-0.2, -0.15) is 0 Å². The number of allylic oxidation sites excluding steroid dienone is 2. The van der Waals surface area contributed by atoms with Crippen molar-refractivity contribution in [3.8, 4) is 0 Å². The molecule has 2 aliphatic rings. The summed E-state index contributed by atoms with van der Waals surface area (Å²) in [5.74, 6) is -2.05. The summed E-state index contributed by atoms with van der Waals surface area (Å²) in [5.41, 5.74) is 2.99. The van der Waals surface area contributed by atoms with E-state index in [1.165, 1.54) is 30.9 Å². The predicted octanol–water partition coefficient (Wildman–Crippen LogP) is 4.24. The lowest BCUT2D eigenvalue weighted by Crippen LogP contribution is -2.34. The molecule has 1 fully saturated rings. The third-order valence-electron chi connectivity index (χ3n) is 6.55. The van der Waals surface area contributed by atoms with Crippen molar-refractivity contribution in [3.63, 3.8) is 0 Å². The number of methoxy groups -OCH3 is 1. The topological polar surface area (TPSA) is 111 Å². The molecule has 1 saturated heterocycles. The highest BCUT2D eigenvalue weighted by atomic mass is 35.5. The maximum Gasteiger partial charge on any atom is 0.337 e. The van der Waals surface area contributed by atoms with E-state index in [9.17, 15) is 19.7 Å². The summed E-state index contributed by atoms with van der Waals surface area (Å²) in [6.07, 6.45) is 0.388. The molecule has 0 amide bonds. The lowest BCUT2D eigenvalue weighted by atomic mass is 9.80. The van der Waals surface area contributed by atoms with Crippen molar-refractivity contribution in [3.05, 3.63) is 98.4 Å². The van der Waals surface area contributed by atoms with Gasteiger partial charge in [0.15, 0.2) is 0 Å². The molecular weight excluding hydrogens is 498 g/mol. The molecular formula is C27H30ClN3O6. The standard InChI is InChI=1S/C27H29N3O6.ClH/c1-17-23(26(31)35-3)25(20-10-7-11-21(14-20)30(33)34)24(18(2)28-17)27(32)36-22-12-13-29(16-22)15-19-8-5-4-6-9-19;/h4-11,14,22,25,28H,12-13,15-16H2,1-3H3;1H/t22-,25?;/m1./s1. The number of rotatable bonds is 7. The summed E-state index contributed by atoms with van der Waals surface area (Å²) in [7, 11) is 1.26. The number of ether oxygens (including phenoxy) is 2. The van der Waals surface area contributed by atoms with Crippen LogP contribution < -0.4 is 5.32 Å². The highest BCUT2D eigenvalue weighted by Gasteiger charge is 2.39. The second kappa shape index (κ2) is 12.0. The Balaban J connectivity index is 0.00000380. The van der Waals surface area contributed by atoms with Crippen LogP contribution in [0, 0.1) is 10.1 Å². The van der Waals surface area contributed by atoms with Crippen LogP contribution in [0.1, 0.15) is 37.3 Å². The molecule has 0 aromatic heterocycles. The van der Waals surface area contributed by atoms with E-state index in [0.29, 0.717) is 29.9 Å². The van der Waals surface area contributed by atoms with Gasteiger partial charge in [0, 0.05) is 43.2 Å². The number of benzene rings is 2. The average molecular weight is 528 g/mol. The SMILES string of the molecule is COC(=O)C1=C(C)NC(C)=C(C(=O)O[C@@H]2CCN(Cc3ccccc3)C2)C1c1cccc([N+](=O)[O-])c1.Cl. The van der Waals surface area contributed by atoms with Crippen LogP contribution >= 0.6 is 12.4 Å². The fourth-order valence-electron chi connectivity index (χ4n) is 4.89. The van der Waals surface area contributed by atoms with Crippen LogP contribution in [0.15, 0.2) is 77.1 Å². The number of nitro groups is 1. The molecule has 1 unspecified atom stereocenters. The van der Waals surface area contributed by atoms with Crippen LogP contribution in [0.25, 0.3) is 0 Å². The monoisotopic (exact) mass is 527 g/mol. The fraction of sp³-hybridized carbons (Fsp3) is 0.333. The van der Waals surface area contributed by atoms with Crippen LogP contribution in [-0.4, -0.2) is 48.1 Å². The molecule has 2 atom stereocenters. The quantitative estimate of drug-likeness (QED) is 0.323. The Morgan fingerprint density at radius 2 is 1.73 bits per heavy atom. The Kier molecular flexibility index (Phi) is 9.07. The van der Waals surface area contributed by atoms with Crippen LogP contribution in [-0.2, 0) is 25.6 Å². The molecule has 37 heavy (non-hydrogen) atoms. The molecule has 0 saturated carbocycles. The molecule has 2 aromatic carbocycles. The number of non-ortho nitro benzene ring substituents is 1. The number of hydrogen-bond donors (Lipinski definition) is 1. The number of carbonyl (C=O) groups is 2. The van der Waals surface area contributed by atoms with Gasteiger partial charge in [-0.25, -0.2) is 9.59 Å². The Morgan fingerprint density at radius 1 is 1.05 bits per heavy atom. The Hall–Kier alpha value is -3.69. The predicted molar refractivity (Wildman–Crippen MR) is 140 cm³/mol. The average Bonchev–Trinajstić information content (AvgIpc) is 3.30. The van der Waals surface area contributed by atoms with Crippen molar-refractivity contribution >= 4 is 30.0 Å². The molecule has 4 rings (SSSR count). The maximum atomic E-state index is 13.5. The fourth-order valence-corrected chi connectivity index (χ4v) is 4.89. The summed E-state index contributed by atoms with van der Waals surface area (Å²) in [5, 5.41) is 14.5. The van der Waals surface area contributed by atoms with Crippen LogP contribution in [0.3, 0.4) is 0 Å². The first-order chi connectivity index (χ1) is 17.3. The van der Waals surface area contributed by atoms with Gasteiger partial charge >= 0.3 is 11.9 Å². The van der Waals surface area contributed by atoms with E-state index in [0.717, 1.165) is 13.1 Å². The van der Waals surface area contributed by atoms with Crippen molar-refractivity contribution in [1.29, 1.82) is 0 Å². The lowest BCUT2D eigenvalue weighted by molar-refractivity contribution is -0.384. The molecule has 2 heterocycles. The Bertz CT molecular complexity index is 1240. The minimum Gasteiger partial charge on any atom is -0.466 e. The van der Waals surface area contributed by atoms with E-state index in [-0.39, 0.29) is 35.3 Å². The first-order valence-electron chi connectivity index (χ1n) is 11.8. The molecule has 0 spiro atoms. The third kappa shape index (κ3) is 6.18. The summed E-state index contributed by atoms with van der Waals surface area (Å²) in [6.45, 7) is 5.60. The summed E-state index contributed by atoms with van der Waals surface area (Å²) >= 11 is 0. The van der Waals surface area contributed by atoms with Crippen LogP contribution in [0.4, 0.5) is 5.69 Å². The van der Waals surface area contributed by atoms with E-state index in [1.807, 2.05) is 18.2 Å². The Labute approximate surface area is 221 Å². The van der Waals surface area contributed by atoms with E-state index >= 15 is 0 Å². The van der Waals surface area contributed by atoms with Gasteiger partial charge in [0.25, 0.3) is 5.69 Å². The third-order valence-corrected chi connectivity index (χ3v) is 6.55. The number of likely N-dealkylation sites (tertiary alicyclic amines) is 1. The molecule has 0 radical (unpaired) electrons. The normalized spacial score (nSPS) is 19.6. The van der Waals surface area contributed by atoms with Crippen molar-refractivity contribution in [2.45, 2.75) is 38.8 Å². The molecule has 10 heteroatoms. The summed E-state index contributed by atoms with van der Waals surface area (Å²) in [6, 6.07) is 16.0. The zero-order valence-corrected chi connectivity index (χ0v) is 21.7. The molecule has 0 bridgehead atoms. The molecule has 0 aliphatic carbocycles. The largest absolute Gasteiger partial charge is 0.466 e. The van der Waals surface area contributed by atoms with Gasteiger partial charge in [-0.1, -0.05) is 42.5 Å². The van der Waals surface area contributed by atoms with E-state index < -0.39 is 22.8 Å². The molecule has 2 aromatic rings. The van der Waals surface area contributed by atoms with Gasteiger partial charge < -0.3 is 14.8 Å². The second-order valence-electron chi connectivity index (χ2n) is 9.02. The molecule has 9 nitrogen and oxygen atoms in total. The minimum atomic E-state index is -0.868. The van der Waals surface area contributed by atoms with Gasteiger partial charge in [0.2, 0.25) is 0 Å². The second-order valence-corrected chi connectivity index (χ2v) is 9.02. The number of nitrogens with one attached hydrogen (secondary N) is 1. The highest BCUT2D eigenvalue weighted by Crippen LogP contribution is 2.40. The molecule has 2 aliphatic heterocycles. The van der Waals surface area contributed by atoms with E-state index in [2.05, 4.69) is 22.3 Å². The number of esters is 2. The van der Waals surface area contributed by atoms with Crippen LogP contribution in [0.5, 0.6) is 0 Å². The first kappa shape index (κ1) is 27.9. The van der Waals surface area contributed by atoms with Gasteiger partial charge in [-0.05, 0) is 31.4 Å². The highest BCUT2D eigenvalue weighted by molar-refractivity contribution is 6.00. The number of carbonyl (C=O) groups excluding carboxylic acids is 2. The van der Waals surface area contributed by atoms with E-state index in [4.69, 9.17) is 9.47 Å². The van der Waals surface area contributed by atoms with Crippen molar-refractivity contribution in [2.75, 3.05) is 20.2 Å². The summed E-state index contributed by atoms with van der Waals surface area (Å²) in [4.78, 5) is 39.5. The van der Waals surface area contributed by atoms with Gasteiger partial charge in [0.1, 0.15) is 6.10 Å². The van der Waals surface area contributed by atoms with Crippen LogP contribution in [0.2, 0.25) is 0 Å². The number of nitro benzene ring substituents is 1. The zero-order chi connectivity index (χ0) is 25.8. The number of hydrogen-bond acceptors (Lipinski definition) is 8. The van der Waals surface area contributed by atoms with Gasteiger partial charge in [0.05, 0.1) is 29.1 Å². The minimum absolute atomic E-state index is 0. The van der Waals surface area contributed by atoms with Crippen molar-refractivity contribution in [1.82, 2.24) is 10.2 Å². The van der Waals surface area contributed by atoms with Crippen molar-refractivity contribution < 1.29 is 24.0 Å². The van der Waals surface area contributed by atoms with E-state index in [1.54, 1.807) is 19.9 Å². The number of dihydropyridines is 1. The lowest BCUT2D eigenvalue weighted by Gasteiger charge is -2.30. The van der Waals surface area contributed by atoms with Crippen molar-refractivity contribution in [2.24, 2.45) is 0 Å². The first-order valence-corrected chi connectivity index (χ1v) is 11.8. The molecule has 1 N–H and O–H groups in total. The Morgan fingerprint density at radius 3 is 2.38 bits per heavy atom. The molecule has 196 valence electrons. The summed E-state index contributed by atoms with van der Waals surface area (Å²) < 4.78 is 10.9. The zero-order valence-electron chi connectivity index (χ0n) is 20.9. The maximum absolute atomic E-state index is 13.5. The van der Waals surface area contributed by atoms with Gasteiger partial charge in [-0.15, -0.1) is 12.4 Å². The number of nitrogens with zero attached hydrogens (tertiary/aromatic N) is 2. The number of halogens is 1. The smallest absolute Gasteiger partial charge is 0.337 e. The van der Waals surface area contributed by atoms with Gasteiger partial charge in [-0.3, -0.25) is 15.0 Å².